The van der Waals surface area contributed by atoms with Crippen molar-refractivity contribution >= 4 is 11.8 Å². The zero-order valence-electron chi connectivity index (χ0n) is 14.7. The fourth-order valence-corrected chi connectivity index (χ4v) is 4.17. The molecular weight excluding hydrogens is 316 g/mol. The van der Waals surface area contributed by atoms with E-state index in [-0.39, 0.29) is 17.7 Å². The average Bonchev–Trinajstić information content (AvgIpc) is 3.30. The van der Waals surface area contributed by atoms with Crippen LogP contribution in [0, 0.1) is 5.92 Å². The van der Waals surface area contributed by atoms with Crippen molar-refractivity contribution in [3.8, 4) is 0 Å². The molecule has 0 bridgehead atoms. The first-order valence-electron chi connectivity index (χ1n) is 9.68. The van der Waals surface area contributed by atoms with Crippen molar-refractivity contribution in [3.63, 3.8) is 0 Å². The van der Waals surface area contributed by atoms with Crippen molar-refractivity contribution in [1.29, 1.82) is 0 Å². The Labute approximate surface area is 148 Å². The molecular formula is C19H28N4O2. The number of piperidine rings is 2. The van der Waals surface area contributed by atoms with E-state index in [0.29, 0.717) is 17.8 Å². The second kappa shape index (κ2) is 7.20. The maximum absolute atomic E-state index is 12.4. The molecule has 1 saturated carbocycles. The Kier molecular flexibility index (Phi) is 4.79. The molecule has 2 amide bonds. The van der Waals surface area contributed by atoms with Crippen molar-refractivity contribution in [2.75, 3.05) is 26.2 Å². The van der Waals surface area contributed by atoms with E-state index < -0.39 is 0 Å². The third-order valence-electron chi connectivity index (χ3n) is 5.84. The third-order valence-corrected chi connectivity index (χ3v) is 5.84. The first-order chi connectivity index (χ1) is 12.2. The van der Waals surface area contributed by atoms with Crippen LogP contribution in [0.3, 0.4) is 0 Å². The predicted molar refractivity (Wildman–Crippen MR) is 95.2 cm³/mol. The Bertz CT molecular complexity index is 603. The lowest BCUT2D eigenvalue weighted by Gasteiger charge is -2.42. The summed E-state index contributed by atoms with van der Waals surface area (Å²) in [4.78, 5) is 32.2. The normalized spacial score (nSPS) is 25.8. The van der Waals surface area contributed by atoms with Gasteiger partial charge in [0, 0.05) is 37.9 Å². The number of H-pyrrole nitrogens is 1. The standard InChI is InChI=1S/C19H28N4O2/c24-18(21-15-5-6-15)14-3-2-10-23(13-14)16-7-11-22(12-8-16)19(25)17-4-1-9-20-17/h1,4,9,14-16,20H,2-3,5-8,10-13H2,(H,21,24)/t14-/m0/s1. The van der Waals surface area contributed by atoms with E-state index in [1.807, 2.05) is 17.0 Å². The number of carbonyl (C=O) groups excluding carboxylic acids is 2. The number of rotatable bonds is 4. The topological polar surface area (TPSA) is 68.4 Å². The Morgan fingerprint density at radius 1 is 1.08 bits per heavy atom. The van der Waals surface area contributed by atoms with Crippen molar-refractivity contribution < 1.29 is 9.59 Å². The van der Waals surface area contributed by atoms with Crippen molar-refractivity contribution in [2.45, 2.75) is 50.6 Å². The first kappa shape index (κ1) is 16.6. The number of carbonyl (C=O) groups is 2. The molecule has 6 heteroatoms. The summed E-state index contributed by atoms with van der Waals surface area (Å²) in [5.74, 6) is 0.503. The minimum absolute atomic E-state index is 0.101. The van der Waals surface area contributed by atoms with Gasteiger partial charge in [-0.25, -0.2) is 0 Å². The first-order valence-corrected chi connectivity index (χ1v) is 9.68. The molecule has 3 aliphatic rings. The highest BCUT2D eigenvalue weighted by Crippen LogP contribution is 2.26. The molecule has 0 aromatic carbocycles. The van der Waals surface area contributed by atoms with Crippen LogP contribution in [0.15, 0.2) is 18.3 Å². The molecule has 136 valence electrons. The number of aromatic nitrogens is 1. The molecule has 6 nitrogen and oxygen atoms in total. The largest absolute Gasteiger partial charge is 0.357 e. The van der Waals surface area contributed by atoms with Gasteiger partial charge >= 0.3 is 0 Å². The van der Waals surface area contributed by atoms with Gasteiger partial charge in [0.2, 0.25) is 5.91 Å². The molecule has 0 radical (unpaired) electrons. The highest BCUT2D eigenvalue weighted by molar-refractivity contribution is 5.92. The van der Waals surface area contributed by atoms with Crippen LogP contribution in [-0.2, 0) is 4.79 Å². The number of aromatic amines is 1. The maximum atomic E-state index is 12.4. The van der Waals surface area contributed by atoms with Gasteiger partial charge in [0.1, 0.15) is 5.69 Å². The number of nitrogens with one attached hydrogen (secondary N) is 2. The Balaban J connectivity index is 1.28. The average molecular weight is 344 g/mol. The molecule has 1 aliphatic carbocycles. The van der Waals surface area contributed by atoms with E-state index in [2.05, 4.69) is 15.2 Å². The maximum Gasteiger partial charge on any atom is 0.270 e. The number of hydrogen-bond donors (Lipinski definition) is 2. The lowest BCUT2D eigenvalue weighted by molar-refractivity contribution is -0.127. The van der Waals surface area contributed by atoms with Gasteiger partial charge in [-0.3, -0.25) is 14.5 Å². The van der Waals surface area contributed by atoms with Gasteiger partial charge < -0.3 is 15.2 Å². The number of hydrogen-bond acceptors (Lipinski definition) is 3. The molecule has 2 N–H and O–H groups in total. The molecule has 1 atom stereocenters. The fraction of sp³-hybridized carbons (Fsp3) is 0.684. The van der Waals surface area contributed by atoms with E-state index in [1.165, 1.54) is 0 Å². The van der Waals surface area contributed by atoms with Crippen LogP contribution in [0.1, 0.15) is 49.0 Å². The highest BCUT2D eigenvalue weighted by Gasteiger charge is 2.34. The molecule has 3 heterocycles. The molecule has 1 aromatic heterocycles. The van der Waals surface area contributed by atoms with E-state index >= 15 is 0 Å². The van der Waals surface area contributed by atoms with Crippen molar-refractivity contribution in [3.05, 3.63) is 24.0 Å². The fourth-order valence-electron chi connectivity index (χ4n) is 4.17. The van der Waals surface area contributed by atoms with Gasteiger partial charge in [-0.05, 0) is 57.2 Å². The Morgan fingerprint density at radius 3 is 2.56 bits per heavy atom. The number of nitrogens with zero attached hydrogens (tertiary/aromatic N) is 2. The van der Waals surface area contributed by atoms with Crippen molar-refractivity contribution in [2.24, 2.45) is 5.92 Å². The third kappa shape index (κ3) is 3.89. The molecule has 2 aliphatic heterocycles. The molecule has 25 heavy (non-hydrogen) atoms. The minimum atomic E-state index is 0.101. The monoisotopic (exact) mass is 344 g/mol. The summed E-state index contributed by atoms with van der Waals surface area (Å²) in [6.45, 7) is 3.58. The molecule has 2 saturated heterocycles. The summed E-state index contributed by atoms with van der Waals surface area (Å²) in [5.41, 5.74) is 0.674. The molecule has 1 aromatic rings. The van der Waals surface area contributed by atoms with Crippen LogP contribution in [0.5, 0.6) is 0 Å². The summed E-state index contributed by atoms with van der Waals surface area (Å²) in [7, 11) is 0. The van der Waals surface area contributed by atoms with Crippen LogP contribution in [-0.4, -0.2) is 64.9 Å². The minimum Gasteiger partial charge on any atom is -0.357 e. The van der Waals surface area contributed by atoms with Gasteiger partial charge in [0.25, 0.3) is 5.91 Å². The summed E-state index contributed by atoms with van der Waals surface area (Å²) in [5, 5.41) is 3.16. The van der Waals surface area contributed by atoms with Crippen LogP contribution >= 0.6 is 0 Å². The Hall–Kier alpha value is -1.82. The molecule has 4 rings (SSSR count). The quantitative estimate of drug-likeness (QED) is 0.872. The van der Waals surface area contributed by atoms with Gasteiger partial charge in [0.05, 0.1) is 5.92 Å². The summed E-state index contributed by atoms with van der Waals surface area (Å²) in [6.07, 6.45) is 8.21. The summed E-state index contributed by atoms with van der Waals surface area (Å²) < 4.78 is 0. The predicted octanol–water partition coefficient (Wildman–Crippen LogP) is 1.61. The molecule has 0 spiro atoms. The van der Waals surface area contributed by atoms with E-state index in [9.17, 15) is 9.59 Å². The van der Waals surface area contributed by atoms with E-state index in [1.54, 1.807) is 6.20 Å². The number of likely N-dealkylation sites (tertiary alicyclic amines) is 2. The number of amides is 2. The van der Waals surface area contributed by atoms with Crippen molar-refractivity contribution in [1.82, 2.24) is 20.1 Å². The summed E-state index contributed by atoms with van der Waals surface area (Å²) in [6, 6.07) is 4.65. The Morgan fingerprint density at radius 2 is 1.88 bits per heavy atom. The smallest absolute Gasteiger partial charge is 0.270 e. The van der Waals surface area contributed by atoms with E-state index in [4.69, 9.17) is 0 Å². The van der Waals surface area contributed by atoms with Crippen LogP contribution < -0.4 is 5.32 Å². The van der Waals surface area contributed by atoms with Crippen LogP contribution in [0.25, 0.3) is 0 Å². The van der Waals surface area contributed by atoms with E-state index in [0.717, 1.165) is 64.7 Å². The molecule has 0 unspecified atom stereocenters. The van der Waals surface area contributed by atoms with Gasteiger partial charge in [0.15, 0.2) is 0 Å². The van der Waals surface area contributed by atoms with Crippen LogP contribution in [0.2, 0.25) is 0 Å². The lowest BCUT2D eigenvalue weighted by atomic mass is 9.93. The zero-order chi connectivity index (χ0) is 17.2. The SMILES string of the molecule is O=C(NC1CC1)[C@H]1CCCN(C2CCN(C(=O)c3ccc[nH]3)CC2)C1. The lowest BCUT2D eigenvalue weighted by Crippen LogP contribution is -2.51. The summed E-state index contributed by atoms with van der Waals surface area (Å²) >= 11 is 0. The molecule has 3 fully saturated rings. The zero-order valence-corrected chi connectivity index (χ0v) is 14.7. The van der Waals surface area contributed by atoms with Gasteiger partial charge in [-0.2, -0.15) is 0 Å². The van der Waals surface area contributed by atoms with Crippen LogP contribution in [0.4, 0.5) is 0 Å². The van der Waals surface area contributed by atoms with Gasteiger partial charge in [-0.1, -0.05) is 0 Å². The highest BCUT2D eigenvalue weighted by atomic mass is 16.2. The second-order valence-electron chi connectivity index (χ2n) is 7.72. The van der Waals surface area contributed by atoms with Gasteiger partial charge in [-0.15, -0.1) is 0 Å². The second-order valence-corrected chi connectivity index (χ2v) is 7.72.